The fourth-order valence-corrected chi connectivity index (χ4v) is 1.42. The van der Waals surface area contributed by atoms with Gasteiger partial charge in [0.2, 0.25) is 5.78 Å². The van der Waals surface area contributed by atoms with Crippen molar-refractivity contribution in [2.24, 2.45) is 0 Å². The SMILES string of the molecule is CNCC(=O)c1oc(C2CC2)nc1C. The minimum absolute atomic E-state index is 0.0237. The van der Waals surface area contributed by atoms with Gasteiger partial charge in [0, 0.05) is 5.92 Å². The molecule has 1 N–H and O–H groups in total. The van der Waals surface area contributed by atoms with Crippen molar-refractivity contribution in [2.45, 2.75) is 25.7 Å². The predicted molar refractivity (Wildman–Crippen MR) is 51.5 cm³/mol. The summed E-state index contributed by atoms with van der Waals surface area (Å²) in [6, 6.07) is 0. The van der Waals surface area contributed by atoms with Crippen LogP contribution in [0.3, 0.4) is 0 Å². The number of ketones is 1. The molecule has 1 aliphatic rings. The molecular formula is C10H14N2O2. The molecule has 0 bridgehead atoms. The fourth-order valence-electron chi connectivity index (χ4n) is 1.42. The van der Waals surface area contributed by atoms with E-state index in [-0.39, 0.29) is 5.78 Å². The lowest BCUT2D eigenvalue weighted by molar-refractivity contribution is 0.0964. The van der Waals surface area contributed by atoms with Gasteiger partial charge in [0.05, 0.1) is 12.2 Å². The molecule has 1 aliphatic carbocycles. The van der Waals surface area contributed by atoms with E-state index >= 15 is 0 Å². The summed E-state index contributed by atoms with van der Waals surface area (Å²) in [6.07, 6.45) is 2.28. The summed E-state index contributed by atoms with van der Waals surface area (Å²) < 4.78 is 5.45. The van der Waals surface area contributed by atoms with Crippen LogP contribution < -0.4 is 5.32 Å². The summed E-state index contributed by atoms with van der Waals surface area (Å²) in [5.41, 5.74) is 0.715. The van der Waals surface area contributed by atoms with Gasteiger partial charge in [-0.15, -0.1) is 0 Å². The van der Waals surface area contributed by atoms with Crippen LogP contribution in [0.1, 0.15) is 40.9 Å². The number of carbonyl (C=O) groups excluding carboxylic acids is 1. The molecule has 14 heavy (non-hydrogen) atoms. The van der Waals surface area contributed by atoms with E-state index < -0.39 is 0 Å². The number of hydrogen-bond acceptors (Lipinski definition) is 4. The van der Waals surface area contributed by atoms with E-state index in [2.05, 4.69) is 10.3 Å². The maximum absolute atomic E-state index is 11.5. The normalized spacial score (nSPS) is 15.9. The van der Waals surface area contributed by atoms with Crippen molar-refractivity contribution in [3.05, 3.63) is 17.3 Å². The number of Topliss-reactive ketones (excluding diaryl/α,β-unsaturated/α-hetero) is 1. The Morgan fingerprint density at radius 3 is 2.93 bits per heavy atom. The summed E-state index contributed by atoms with van der Waals surface area (Å²) in [5.74, 6) is 1.59. The quantitative estimate of drug-likeness (QED) is 0.733. The monoisotopic (exact) mass is 194 g/mol. The van der Waals surface area contributed by atoms with E-state index in [9.17, 15) is 4.79 Å². The Balaban J connectivity index is 2.19. The van der Waals surface area contributed by atoms with E-state index in [0.29, 0.717) is 23.9 Å². The zero-order valence-corrected chi connectivity index (χ0v) is 8.46. The highest BCUT2D eigenvalue weighted by molar-refractivity contribution is 5.95. The van der Waals surface area contributed by atoms with Gasteiger partial charge in [-0.2, -0.15) is 0 Å². The molecule has 0 atom stereocenters. The molecule has 76 valence electrons. The van der Waals surface area contributed by atoms with Crippen molar-refractivity contribution in [2.75, 3.05) is 13.6 Å². The fraction of sp³-hybridized carbons (Fsp3) is 0.600. The number of aromatic nitrogens is 1. The third kappa shape index (κ3) is 1.70. The van der Waals surface area contributed by atoms with Crippen molar-refractivity contribution in [1.82, 2.24) is 10.3 Å². The van der Waals surface area contributed by atoms with Crippen LogP contribution in [0.15, 0.2) is 4.42 Å². The molecule has 0 saturated heterocycles. The molecule has 4 heteroatoms. The molecule has 0 spiro atoms. The van der Waals surface area contributed by atoms with Crippen LogP contribution >= 0.6 is 0 Å². The Hall–Kier alpha value is -1.16. The molecule has 1 fully saturated rings. The molecule has 1 aromatic heterocycles. The van der Waals surface area contributed by atoms with Crippen molar-refractivity contribution in [3.63, 3.8) is 0 Å². The number of rotatable bonds is 4. The first-order valence-electron chi connectivity index (χ1n) is 4.87. The Morgan fingerprint density at radius 1 is 1.64 bits per heavy atom. The van der Waals surface area contributed by atoms with Crippen molar-refractivity contribution < 1.29 is 9.21 Å². The first-order chi connectivity index (χ1) is 6.72. The highest BCUT2D eigenvalue weighted by Crippen LogP contribution is 2.40. The summed E-state index contributed by atoms with van der Waals surface area (Å²) in [6.45, 7) is 2.12. The molecule has 1 saturated carbocycles. The molecule has 0 radical (unpaired) electrons. The molecule has 2 rings (SSSR count). The van der Waals surface area contributed by atoms with Gasteiger partial charge in [0.1, 0.15) is 0 Å². The molecule has 0 aliphatic heterocycles. The Kier molecular flexibility index (Phi) is 2.37. The summed E-state index contributed by atoms with van der Waals surface area (Å²) >= 11 is 0. The van der Waals surface area contributed by atoms with E-state index in [1.165, 1.54) is 0 Å². The zero-order valence-electron chi connectivity index (χ0n) is 8.46. The van der Waals surface area contributed by atoms with Gasteiger partial charge in [-0.3, -0.25) is 4.79 Å². The smallest absolute Gasteiger partial charge is 0.213 e. The maximum Gasteiger partial charge on any atom is 0.213 e. The summed E-state index contributed by atoms with van der Waals surface area (Å²) in [7, 11) is 1.74. The molecule has 0 unspecified atom stereocenters. The van der Waals surface area contributed by atoms with Crippen LogP contribution in [-0.4, -0.2) is 24.4 Å². The van der Waals surface area contributed by atoms with Gasteiger partial charge in [0.25, 0.3) is 0 Å². The lowest BCUT2D eigenvalue weighted by Gasteiger charge is -1.94. The Bertz CT molecular complexity index is 353. The highest BCUT2D eigenvalue weighted by atomic mass is 16.4. The van der Waals surface area contributed by atoms with Gasteiger partial charge in [0.15, 0.2) is 11.7 Å². The van der Waals surface area contributed by atoms with Gasteiger partial charge in [-0.1, -0.05) is 0 Å². The topological polar surface area (TPSA) is 55.1 Å². The third-order valence-electron chi connectivity index (χ3n) is 2.33. The van der Waals surface area contributed by atoms with Crippen molar-refractivity contribution >= 4 is 5.78 Å². The molecule has 0 amide bonds. The number of oxazole rings is 1. The highest BCUT2D eigenvalue weighted by Gasteiger charge is 2.30. The Morgan fingerprint density at radius 2 is 2.36 bits per heavy atom. The largest absolute Gasteiger partial charge is 0.437 e. The van der Waals surface area contributed by atoms with Gasteiger partial charge in [-0.05, 0) is 26.8 Å². The molecule has 0 aromatic carbocycles. The van der Waals surface area contributed by atoms with Crippen molar-refractivity contribution in [3.8, 4) is 0 Å². The molecule has 1 heterocycles. The maximum atomic E-state index is 11.5. The van der Waals surface area contributed by atoms with E-state index in [0.717, 1.165) is 18.7 Å². The van der Waals surface area contributed by atoms with Crippen molar-refractivity contribution in [1.29, 1.82) is 0 Å². The van der Waals surface area contributed by atoms with E-state index in [1.807, 2.05) is 6.92 Å². The summed E-state index contributed by atoms with van der Waals surface area (Å²) in [5, 5.41) is 2.81. The average molecular weight is 194 g/mol. The first kappa shape index (κ1) is 9.40. The van der Waals surface area contributed by atoms with Crippen LogP contribution in [0, 0.1) is 6.92 Å². The van der Waals surface area contributed by atoms with Crippen LogP contribution in [0.4, 0.5) is 0 Å². The number of carbonyl (C=O) groups is 1. The Labute approximate surface area is 82.7 Å². The van der Waals surface area contributed by atoms with E-state index in [1.54, 1.807) is 7.05 Å². The van der Waals surface area contributed by atoms with Crippen LogP contribution in [0.25, 0.3) is 0 Å². The standard InChI is InChI=1S/C10H14N2O2/c1-6-9(8(13)5-11-2)14-10(12-6)7-3-4-7/h7,11H,3-5H2,1-2H3. The van der Waals surface area contributed by atoms with Crippen LogP contribution in [-0.2, 0) is 0 Å². The minimum atomic E-state index is -0.0237. The zero-order chi connectivity index (χ0) is 10.1. The summed E-state index contributed by atoms with van der Waals surface area (Å²) in [4.78, 5) is 15.8. The average Bonchev–Trinajstić information content (AvgIpc) is 2.91. The first-order valence-corrected chi connectivity index (χ1v) is 4.87. The minimum Gasteiger partial charge on any atom is -0.437 e. The van der Waals surface area contributed by atoms with Gasteiger partial charge in [-0.25, -0.2) is 4.98 Å². The van der Waals surface area contributed by atoms with Gasteiger partial charge < -0.3 is 9.73 Å². The second-order valence-electron chi connectivity index (χ2n) is 3.69. The lowest BCUT2D eigenvalue weighted by atomic mass is 10.2. The number of nitrogens with one attached hydrogen (secondary N) is 1. The number of aryl methyl sites for hydroxylation is 1. The molecular weight excluding hydrogens is 180 g/mol. The van der Waals surface area contributed by atoms with Crippen LogP contribution in [0.5, 0.6) is 0 Å². The molecule has 4 nitrogen and oxygen atoms in total. The number of likely N-dealkylation sites (N-methyl/N-ethyl adjacent to an activating group) is 1. The predicted octanol–water partition coefficient (Wildman–Crippen LogP) is 1.26. The van der Waals surface area contributed by atoms with Gasteiger partial charge >= 0.3 is 0 Å². The van der Waals surface area contributed by atoms with E-state index in [4.69, 9.17) is 4.42 Å². The second-order valence-corrected chi connectivity index (χ2v) is 3.69. The third-order valence-corrected chi connectivity index (χ3v) is 2.33. The molecule has 1 aromatic rings. The lowest BCUT2D eigenvalue weighted by Crippen LogP contribution is -2.18. The second kappa shape index (κ2) is 3.53. The number of nitrogens with zero attached hydrogens (tertiary/aromatic N) is 1. The number of hydrogen-bond donors (Lipinski definition) is 1. The van der Waals surface area contributed by atoms with Crippen LogP contribution in [0.2, 0.25) is 0 Å².